The summed E-state index contributed by atoms with van der Waals surface area (Å²) in [6.45, 7) is 10.1. The van der Waals surface area contributed by atoms with Crippen molar-refractivity contribution in [1.82, 2.24) is 15.2 Å². The molecule has 0 aliphatic heterocycles. The lowest BCUT2D eigenvalue weighted by Crippen LogP contribution is -2.43. The zero-order valence-electron chi connectivity index (χ0n) is 12.9. The Bertz CT molecular complexity index is 324. The average Bonchev–Trinajstić information content (AvgIpc) is 2.42. The van der Waals surface area contributed by atoms with Gasteiger partial charge in [-0.1, -0.05) is 26.8 Å². The van der Waals surface area contributed by atoms with Gasteiger partial charge in [-0.05, 0) is 38.1 Å². The van der Waals surface area contributed by atoms with Gasteiger partial charge < -0.3 is 10.2 Å². The van der Waals surface area contributed by atoms with Crippen LogP contribution in [0.1, 0.15) is 32.9 Å². The van der Waals surface area contributed by atoms with Crippen LogP contribution in [0.5, 0.6) is 0 Å². The molecule has 0 bridgehead atoms. The monoisotopic (exact) mass is 263 g/mol. The highest BCUT2D eigenvalue weighted by molar-refractivity contribution is 5.03. The van der Waals surface area contributed by atoms with Gasteiger partial charge in [0.05, 0.1) is 0 Å². The number of hydrogen-bond donors (Lipinski definition) is 1. The van der Waals surface area contributed by atoms with Crippen molar-refractivity contribution in [3.63, 3.8) is 0 Å². The van der Waals surface area contributed by atoms with Gasteiger partial charge >= 0.3 is 0 Å². The Kier molecular flexibility index (Phi) is 7.68. The number of aromatic nitrogens is 1. The first kappa shape index (κ1) is 16.1. The van der Waals surface area contributed by atoms with Crippen LogP contribution in [0.15, 0.2) is 24.4 Å². The van der Waals surface area contributed by atoms with Crippen molar-refractivity contribution in [1.29, 1.82) is 0 Å². The van der Waals surface area contributed by atoms with Crippen molar-refractivity contribution < 1.29 is 0 Å². The number of hydrogen-bond acceptors (Lipinski definition) is 3. The lowest BCUT2D eigenvalue weighted by Gasteiger charge is -2.27. The van der Waals surface area contributed by atoms with Crippen molar-refractivity contribution in [2.75, 3.05) is 26.7 Å². The first-order chi connectivity index (χ1) is 9.13. The van der Waals surface area contributed by atoms with E-state index in [0.717, 1.165) is 26.1 Å². The fraction of sp³-hybridized carbons (Fsp3) is 0.688. The molecule has 0 saturated carbocycles. The summed E-state index contributed by atoms with van der Waals surface area (Å²) in [5.74, 6) is 0.670. The van der Waals surface area contributed by atoms with Gasteiger partial charge in [-0.2, -0.15) is 0 Å². The van der Waals surface area contributed by atoms with Crippen molar-refractivity contribution in [3.05, 3.63) is 30.1 Å². The highest BCUT2D eigenvalue weighted by Gasteiger charge is 2.14. The summed E-state index contributed by atoms with van der Waals surface area (Å²) < 4.78 is 0. The molecule has 0 saturated heterocycles. The molecule has 1 aromatic heterocycles. The van der Waals surface area contributed by atoms with E-state index in [-0.39, 0.29) is 0 Å². The topological polar surface area (TPSA) is 28.2 Å². The average molecular weight is 263 g/mol. The largest absolute Gasteiger partial charge is 0.312 e. The van der Waals surface area contributed by atoms with Crippen LogP contribution in [-0.2, 0) is 6.42 Å². The van der Waals surface area contributed by atoms with Gasteiger partial charge in [-0.25, -0.2) is 0 Å². The minimum absolute atomic E-state index is 0.577. The predicted octanol–water partition coefficient (Wildman–Crippen LogP) is 2.58. The molecule has 1 aromatic rings. The quantitative estimate of drug-likeness (QED) is 0.742. The molecule has 1 atom stereocenters. The second-order valence-corrected chi connectivity index (χ2v) is 5.64. The van der Waals surface area contributed by atoms with E-state index in [1.54, 1.807) is 0 Å². The van der Waals surface area contributed by atoms with Gasteiger partial charge in [-0.15, -0.1) is 0 Å². The summed E-state index contributed by atoms with van der Waals surface area (Å²) in [5, 5.41) is 3.64. The van der Waals surface area contributed by atoms with Crippen molar-refractivity contribution >= 4 is 0 Å². The first-order valence-electron chi connectivity index (χ1n) is 7.45. The summed E-state index contributed by atoms with van der Waals surface area (Å²) in [6, 6.07) is 6.70. The normalized spacial score (nSPS) is 13.2. The third-order valence-electron chi connectivity index (χ3n) is 3.45. The van der Waals surface area contributed by atoms with Crippen LogP contribution in [0.2, 0.25) is 0 Å². The van der Waals surface area contributed by atoms with E-state index < -0.39 is 0 Å². The maximum absolute atomic E-state index is 4.37. The Morgan fingerprint density at radius 3 is 2.68 bits per heavy atom. The fourth-order valence-corrected chi connectivity index (χ4v) is 2.12. The Hall–Kier alpha value is -0.930. The number of likely N-dealkylation sites (N-methyl/N-ethyl adjacent to an activating group) is 1. The van der Waals surface area contributed by atoms with Crippen molar-refractivity contribution in [3.8, 4) is 0 Å². The molecule has 3 heteroatoms. The molecule has 0 amide bonds. The molecule has 0 aliphatic rings. The number of pyridine rings is 1. The second-order valence-electron chi connectivity index (χ2n) is 5.64. The van der Waals surface area contributed by atoms with Crippen LogP contribution in [-0.4, -0.2) is 42.6 Å². The number of rotatable bonds is 9. The maximum Gasteiger partial charge on any atom is 0.0416 e. The zero-order valence-corrected chi connectivity index (χ0v) is 12.9. The van der Waals surface area contributed by atoms with E-state index in [2.05, 4.69) is 55.2 Å². The maximum atomic E-state index is 4.37. The van der Waals surface area contributed by atoms with Crippen LogP contribution >= 0.6 is 0 Å². The smallest absolute Gasteiger partial charge is 0.0416 e. The Labute approximate surface area is 118 Å². The van der Waals surface area contributed by atoms with Crippen molar-refractivity contribution in [2.45, 2.75) is 39.7 Å². The standard InChI is InChI=1S/C16H29N3/c1-5-10-18-16(14(2)3)13-19(4)12-9-15-8-6-7-11-17-15/h6-8,11,14,16,18H,5,9-10,12-13H2,1-4H3. The van der Waals surface area contributed by atoms with Gasteiger partial charge in [0.15, 0.2) is 0 Å². The molecule has 1 unspecified atom stereocenters. The lowest BCUT2D eigenvalue weighted by molar-refractivity contribution is 0.256. The molecule has 1 heterocycles. The van der Waals surface area contributed by atoms with E-state index in [1.165, 1.54) is 12.1 Å². The molecular weight excluding hydrogens is 234 g/mol. The molecule has 1 N–H and O–H groups in total. The van der Waals surface area contributed by atoms with E-state index in [4.69, 9.17) is 0 Å². The first-order valence-corrected chi connectivity index (χ1v) is 7.45. The molecule has 0 fully saturated rings. The molecule has 0 aromatic carbocycles. The highest BCUT2D eigenvalue weighted by atomic mass is 15.1. The molecule has 0 radical (unpaired) electrons. The number of nitrogens with one attached hydrogen (secondary N) is 1. The van der Waals surface area contributed by atoms with Gasteiger partial charge in [0.1, 0.15) is 0 Å². The lowest BCUT2D eigenvalue weighted by atomic mass is 10.0. The molecule has 108 valence electrons. The third kappa shape index (κ3) is 6.69. The summed E-state index contributed by atoms with van der Waals surface area (Å²) in [6.07, 6.45) is 4.09. The Balaban J connectivity index is 2.33. The third-order valence-corrected chi connectivity index (χ3v) is 3.45. The fourth-order valence-electron chi connectivity index (χ4n) is 2.12. The molecule has 3 nitrogen and oxygen atoms in total. The van der Waals surface area contributed by atoms with Gasteiger partial charge in [0.2, 0.25) is 0 Å². The number of nitrogens with zero attached hydrogens (tertiary/aromatic N) is 2. The van der Waals surface area contributed by atoms with Crippen LogP contribution in [0, 0.1) is 5.92 Å². The van der Waals surface area contributed by atoms with Gasteiger partial charge in [0, 0.05) is 37.4 Å². The minimum atomic E-state index is 0.577. The molecule has 0 spiro atoms. The van der Waals surface area contributed by atoms with Crippen LogP contribution in [0.3, 0.4) is 0 Å². The Morgan fingerprint density at radius 1 is 1.32 bits per heavy atom. The van der Waals surface area contributed by atoms with E-state index in [0.29, 0.717) is 12.0 Å². The van der Waals surface area contributed by atoms with Crippen LogP contribution in [0.4, 0.5) is 0 Å². The Morgan fingerprint density at radius 2 is 2.11 bits per heavy atom. The van der Waals surface area contributed by atoms with Crippen molar-refractivity contribution in [2.24, 2.45) is 5.92 Å². The molecule has 1 rings (SSSR count). The molecular formula is C16H29N3. The summed E-state index contributed by atoms with van der Waals surface area (Å²) in [7, 11) is 2.20. The zero-order chi connectivity index (χ0) is 14.1. The van der Waals surface area contributed by atoms with Gasteiger partial charge in [-0.3, -0.25) is 4.98 Å². The molecule has 0 aliphatic carbocycles. The minimum Gasteiger partial charge on any atom is -0.312 e. The predicted molar refractivity (Wildman–Crippen MR) is 82.4 cm³/mol. The summed E-state index contributed by atoms with van der Waals surface area (Å²) >= 11 is 0. The second kappa shape index (κ2) is 9.05. The summed E-state index contributed by atoms with van der Waals surface area (Å²) in [5.41, 5.74) is 1.18. The van der Waals surface area contributed by atoms with E-state index in [1.807, 2.05) is 12.3 Å². The van der Waals surface area contributed by atoms with Crippen LogP contribution in [0.25, 0.3) is 0 Å². The molecule has 19 heavy (non-hydrogen) atoms. The highest BCUT2D eigenvalue weighted by Crippen LogP contribution is 2.04. The summed E-state index contributed by atoms with van der Waals surface area (Å²) in [4.78, 5) is 6.78. The van der Waals surface area contributed by atoms with Crippen LogP contribution < -0.4 is 5.32 Å². The SMILES string of the molecule is CCCNC(CN(C)CCc1ccccn1)C(C)C. The van der Waals surface area contributed by atoms with E-state index >= 15 is 0 Å². The van der Waals surface area contributed by atoms with E-state index in [9.17, 15) is 0 Å². The van der Waals surface area contributed by atoms with Gasteiger partial charge in [0.25, 0.3) is 0 Å².